The van der Waals surface area contributed by atoms with Crippen molar-refractivity contribution in [3.8, 4) is 11.3 Å². The molecule has 3 unspecified atom stereocenters. The van der Waals surface area contributed by atoms with Gasteiger partial charge < -0.3 is 4.42 Å². The largest absolute Gasteiger partial charge is 0.455 e. The Morgan fingerprint density at radius 1 is 0.967 bits per heavy atom. The molecule has 2 bridgehead atoms. The van der Waals surface area contributed by atoms with Crippen LogP contribution in [-0.2, 0) is 0 Å². The van der Waals surface area contributed by atoms with Gasteiger partial charge in [-0.25, -0.2) is 0 Å². The van der Waals surface area contributed by atoms with E-state index >= 15 is 0 Å². The van der Waals surface area contributed by atoms with E-state index in [9.17, 15) is 0 Å². The minimum Gasteiger partial charge on any atom is -0.455 e. The molecule has 2 nitrogen and oxygen atoms in total. The van der Waals surface area contributed by atoms with Gasteiger partial charge in [-0.2, -0.15) is 0 Å². The first-order chi connectivity index (χ1) is 14.5. The van der Waals surface area contributed by atoms with Crippen molar-refractivity contribution in [3.05, 3.63) is 60.3 Å². The Morgan fingerprint density at radius 3 is 2.60 bits per heavy atom. The second-order valence-corrected chi connectivity index (χ2v) is 15.5. The topological polar surface area (TPSA) is 26.0 Å². The molecule has 2 fully saturated rings. The van der Waals surface area contributed by atoms with Crippen molar-refractivity contribution in [2.45, 2.75) is 51.2 Å². The molecule has 4 aromatic rings. The molecule has 3 atom stereocenters. The summed E-state index contributed by atoms with van der Waals surface area (Å²) in [6.45, 7) is 7.24. The maximum absolute atomic E-state index is 6.47. The number of hydrogen-bond acceptors (Lipinski definition) is 2. The normalized spacial score (nSPS) is 23.6. The van der Waals surface area contributed by atoms with Gasteiger partial charge in [0.25, 0.3) is 0 Å². The molecule has 3 heteroatoms. The SMILES string of the molecule is C[Si](C)(C)c1ccc(-c2cc(C3CC4CCC3C4)ccn2)c2oc3ccccc3c12. The van der Waals surface area contributed by atoms with Crippen LogP contribution < -0.4 is 5.19 Å². The van der Waals surface area contributed by atoms with E-state index in [1.54, 1.807) is 0 Å². The molecule has 0 saturated heterocycles. The van der Waals surface area contributed by atoms with Crippen molar-refractivity contribution in [3.63, 3.8) is 0 Å². The first kappa shape index (κ1) is 18.4. The van der Waals surface area contributed by atoms with Crippen molar-refractivity contribution in [1.29, 1.82) is 0 Å². The lowest BCUT2D eigenvalue weighted by atomic mass is 9.83. The lowest BCUT2D eigenvalue weighted by Crippen LogP contribution is -2.37. The molecule has 0 aliphatic heterocycles. The first-order valence-electron chi connectivity index (χ1n) is 11.4. The van der Waals surface area contributed by atoms with Crippen molar-refractivity contribution in [2.24, 2.45) is 11.8 Å². The van der Waals surface area contributed by atoms with Gasteiger partial charge in [0.1, 0.15) is 11.2 Å². The summed E-state index contributed by atoms with van der Waals surface area (Å²) < 4.78 is 6.47. The van der Waals surface area contributed by atoms with E-state index in [2.05, 4.69) is 68.2 Å². The number of pyridine rings is 1. The Labute approximate surface area is 179 Å². The van der Waals surface area contributed by atoms with E-state index in [-0.39, 0.29) is 0 Å². The predicted octanol–water partition coefficient (Wildman–Crippen LogP) is 7.10. The summed E-state index contributed by atoms with van der Waals surface area (Å²) in [7, 11) is -1.52. The number of furan rings is 1. The molecular formula is C27H29NOSi. The van der Waals surface area contributed by atoms with Crippen LogP contribution in [0.15, 0.2) is 59.1 Å². The van der Waals surface area contributed by atoms with Gasteiger partial charge in [0.2, 0.25) is 0 Å². The summed E-state index contributed by atoms with van der Waals surface area (Å²) in [6.07, 6.45) is 7.66. The lowest BCUT2D eigenvalue weighted by Gasteiger charge is -2.22. The minimum absolute atomic E-state index is 0.720. The van der Waals surface area contributed by atoms with Crippen LogP contribution >= 0.6 is 0 Å². The summed E-state index contributed by atoms with van der Waals surface area (Å²) >= 11 is 0. The van der Waals surface area contributed by atoms with E-state index < -0.39 is 8.07 Å². The van der Waals surface area contributed by atoms with Crippen LogP contribution in [0.25, 0.3) is 33.2 Å². The standard InChI is InChI=1S/C27H29NOSi/c1-30(2,3)25-11-10-20(27-26(25)21-6-4-5-7-24(21)29-27)23-16-19(12-13-28-23)22-15-17-8-9-18(22)14-17/h4-7,10-13,16-18,22H,8-9,14-15H2,1-3H3. The summed E-state index contributed by atoms with van der Waals surface area (Å²) in [4.78, 5) is 4.81. The average Bonchev–Trinajstić information content (AvgIpc) is 3.46. The Hall–Kier alpha value is -2.39. The van der Waals surface area contributed by atoms with Gasteiger partial charge >= 0.3 is 0 Å². The van der Waals surface area contributed by atoms with Crippen LogP contribution in [0, 0.1) is 11.8 Å². The van der Waals surface area contributed by atoms with E-state index in [1.807, 2.05) is 6.20 Å². The Kier molecular flexibility index (Phi) is 4.01. The molecule has 2 aliphatic rings. The van der Waals surface area contributed by atoms with Crippen LogP contribution in [0.3, 0.4) is 0 Å². The molecule has 2 aromatic heterocycles. The number of aromatic nitrogens is 1. The summed E-state index contributed by atoms with van der Waals surface area (Å²) in [5, 5.41) is 4.00. The Bertz CT molecular complexity index is 1270. The maximum Gasteiger partial charge on any atom is 0.144 e. The second-order valence-electron chi connectivity index (χ2n) is 10.5. The lowest BCUT2D eigenvalue weighted by molar-refractivity contribution is 0.420. The summed E-state index contributed by atoms with van der Waals surface area (Å²) in [5.74, 6) is 2.55. The predicted molar refractivity (Wildman–Crippen MR) is 128 cm³/mol. The molecule has 2 heterocycles. The number of nitrogens with zero attached hydrogens (tertiary/aromatic N) is 1. The van der Waals surface area contributed by atoms with Crippen molar-refractivity contribution in [1.82, 2.24) is 4.98 Å². The number of hydrogen-bond donors (Lipinski definition) is 0. The van der Waals surface area contributed by atoms with E-state index in [1.165, 1.54) is 47.2 Å². The molecule has 2 aromatic carbocycles. The molecule has 0 N–H and O–H groups in total. The zero-order valence-corrected chi connectivity index (χ0v) is 19.1. The highest BCUT2D eigenvalue weighted by Gasteiger charge is 2.40. The van der Waals surface area contributed by atoms with Crippen LogP contribution in [0.2, 0.25) is 19.6 Å². The van der Waals surface area contributed by atoms with E-state index in [0.717, 1.165) is 40.2 Å². The highest BCUT2D eigenvalue weighted by Crippen LogP contribution is 2.53. The Balaban J connectivity index is 1.55. The van der Waals surface area contributed by atoms with Gasteiger partial charge in [-0.1, -0.05) is 50.3 Å². The second kappa shape index (κ2) is 6.55. The third kappa shape index (κ3) is 2.79. The number of benzene rings is 2. The van der Waals surface area contributed by atoms with Gasteiger partial charge in [0.15, 0.2) is 0 Å². The highest BCUT2D eigenvalue weighted by molar-refractivity contribution is 6.90. The van der Waals surface area contributed by atoms with Crippen molar-refractivity contribution in [2.75, 3.05) is 0 Å². The molecular weight excluding hydrogens is 382 g/mol. The molecule has 0 amide bonds. The molecule has 0 spiro atoms. The van der Waals surface area contributed by atoms with Crippen molar-refractivity contribution >= 4 is 35.2 Å². The van der Waals surface area contributed by atoms with Gasteiger partial charge in [-0.3, -0.25) is 4.98 Å². The molecule has 6 rings (SSSR count). The monoisotopic (exact) mass is 411 g/mol. The minimum atomic E-state index is -1.52. The fourth-order valence-electron chi connectivity index (χ4n) is 6.13. The maximum atomic E-state index is 6.47. The van der Waals surface area contributed by atoms with Gasteiger partial charge in [0, 0.05) is 22.5 Å². The molecule has 2 saturated carbocycles. The fraction of sp³-hybridized carbons (Fsp3) is 0.370. The number of para-hydroxylation sites is 1. The number of fused-ring (bicyclic) bond motifs is 5. The van der Waals surface area contributed by atoms with Gasteiger partial charge in [0.05, 0.1) is 13.8 Å². The van der Waals surface area contributed by atoms with Crippen LogP contribution in [0.5, 0.6) is 0 Å². The average molecular weight is 412 g/mol. The zero-order valence-electron chi connectivity index (χ0n) is 18.1. The number of rotatable bonds is 3. The van der Waals surface area contributed by atoms with Crippen LogP contribution in [0.4, 0.5) is 0 Å². The smallest absolute Gasteiger partial charge is 0.144 e. The first-order valence-corrected chi connectivity index (χ1v) is 14.9. The van der Waals surface area contributed by atoms with Crippen LogP contribution in [-0.4, -0.2) is 13.1 Å². The third-order valence-corrected chi connectivity index (χ3v) is 9.59. The molecule has 152 valence electrons. The van der Waals surface area contributed by atoms with Gasteiger partial charge in [-0.05, 0) is 72.0 Å². The van der Waals surface area contributed by atoms with Gasteiger partial charge in [-0.15, -0.1) is 0 Å². The zero-order chi connectivity index (χ0) is 20.5. The molecule has 30 heavy (non-hydrogen) atoms. The highest BCUT2D eigenvalue weighted by atomic mass is 28.3. The fourth-order valence-corrected chi connectivity index (χ4v) is 7.71. The van der Waals surface area contributed by atoms with Crippen LogP contribution in [0.1, 0.15) is 37.2 Å². The van der Waals surface area contributed by atoms with E-state index in [4.69, 9.17) is 9.40 Å². The van der Waals surface area contributed by atoms with E-state index in [0.29, 0.717) is 0 Å². The quantitative estimate of drug-likeness (QED) is 0.336. The summed E-state index contributed by atoms with van der Waals surface area (Å²) in [6, 6.07) is 17.7. The third-order valence-electron chi connectivity index (χ3n) is 7.56. The molecule has 0 radical (unpaired) electrons. The Morgan fingerprint density at radius 2 is 1.83 bits per heavy atom. The van der Waals surface area contributed by atoms with Crippen molar-refractivity contribution < 1.29 is 4.42 Å². The summed E-state index contributed by atoms with van der Waals surface area (Å²) in [5.41, 5.74) is 5.65. The molecule has 2 aliphatic carbocycles.